The van der Waals surface area contributed by atoms with E-state index in [-0.39, 0.29) is 17.0 Å². The van der Waals surface area contributed by atoms with E-state index in [4.69, 9.17) is 14.6 Å². The quantitative estimate of drug-likeness (QED) is 0.701. The van der Waals surface area contributed by atoms with E-state index < -0.39 is 0 Å². The van der Waals surface area contributed by atoms with Crippen LogP contribution in [0.15, 0.2) is 52.9 Å². The van der Waals surface area contributed by atoms with Crippen LogP contribution >= 0.6 is 0 Å². The first-order valence-corrected chi connectivity index (χ1v) is 8.65. The van der Waals surface area contributed by atoms with Crippen LogP contribution in [-0.2, 0) is 0 Å². The zero-order valence-electron chi connectivity index (χ0n) is 15.1. The summed E-state index contributed by atoms with van der Waals surface area (Å²) in [6.45, 7) is 6.61. The summed E-state index contributed by atoms with van der Waals surface area (Å²) in [5.41, 5.74) is 2.34. The molecule has 0 aliphatic heterocycles. The fraction of sp³-hybridized carbons (Fsp3) is 0.238. The van der Waals surface area contributed by atoms with Gasteiger partial charge in [-0.1, -0.05) is 38.1 Å². The summed E-state index contributed by atoms with van der Waals surface area (Å²) in [6, 6.07) is 14.8. The van der Waals surface area contributed by atoms with Gasteiger partial charge in [-0.25, -0.2) is 0 Å². The molecule has 26 heavy (non-hydrogen) atoms. The summed E-state index contributed by atoms with van der Waals surface area (Å²) in [5, 5.41) is 11.6. The molecule has 0 atom stereocenters. The lowest BCUT2D eigenvalue weighted by molar-refractivity contribution is 0.102. The average Bonchev–Trinajstić information content (AvgIpc) is 2.62. The van der Waals surface area contributed by atoms with Crippen LogP contribution in [0.5, 0.6) is 5.75 Å². The minimum Gasteiger partial charge on any atom is -0.490 e. The highest BCUT2D eigenvalue weighted by Crippen LogP contribution is 2.25. The van der Waals surface area contributed by atoms with Gasteiger partial charge in [0.25, 0.3) is 5.91 Å². The molecule has 2 aromatic carbocycles. The highest BCUT2D eigenvalue weighted by atomic mass is 16.5. The Morgan fingerprint density at radius 2 is 1.92 bits per heavy atom. The Bertz CT molecular complexity index is 988. The van der Waals surface area contributed by atoms with Gasteiger partial charge in [-0.2, -0.15) is 0 Å². The molecule has 0 unspecified atom stereocenters. The first kappa shape index (κ1) is 17.7. The van der Waals surface area contributed by atoms with Crippen LogP contribution in [0.1, 0.15) is 42.6 Å². The number of carbonyl (C=O) groups is 1. The van der Waals surface area contributed by atoms with Crippen molar-refractivity contribution in [2.75, 3.05) is 11.9 Å². The minimum atomic E-state index is -0.375. The number of hydrogen-bond acceptors (Lipinski definition) is 4. The van der Waals surface area contributed by atoms with E-state index in [2.05, 4.69) is 19.2 Å². The molecule has 1 heterocycles. The molecule has 1 aromatic heterocycles. The zero-order chi connectivity index (χ0) is 18.7. The van der Waals surface area contributed by atoms with Crippen molar-refractivity contribution in [3.05, 3.63) is 65.2 Å². The van der Waals surface area contributed by atoms with Gasteiger partial charge in [-0.3, -0.25) is 10.2 Å². The van der Waals surface area contributed by atoms with Crippen LogP contribution in [0.3, 0.4) is 0 Å². The van der Waals surface area contributed by atoms with Crippen LogP contribution in [0.25, 0.3) is 11.0 Å². The lowest BCUT2D eigenvalue weighted by atomic mass is 10.0. The molecule has 2 N–H and O–H groups in total. The van der Waals surface area contributed by atoms with E-state index >= 15 is 0 Å². The Hall–Kier alpha value is -3.08. The summed E-state index contributed by atoms with van der Waals surface area (Å²) < 4.78 is 11.1. The Balaban J connectivity index is 1.90. The lowest BCUT2D eigenvalue weighted by Gasteiger charge is -2.10. The van der Waals surface area contributed by atoms with Crippen molar-refractivity contribution in [2.45, 2.75) is 26.7 Å². The first-order chi connectivity index (χ1) is 12.5. The average molecular weight is 350 g/mol. The van der Waals surface area contributed by atoms with Crippen LogP contribution in [0.2, 0.25) is 0 Å². The first-order valence-electron chi connectivity index (χ1n) is 8.65. The molecule has 5 heteroatoms. The fourth-order valence-corrected chi connectivity index (χ4v) is 2.72. The summed E-state index contributed by atoms with van der Waals surface area (Å²) in [6.07, 6.45) is 0. The molecule has 3 aromatic rings. The zero-order valence-corrected chi connectivity index (χ0v) is 15.1. The molecule has 5 nitrogen and oxygen atoms in total. The molecule has 0 fully saturated rings. The van der Waals surface area contributed by atoms with Gasteiger partial charge in [-0.15, -0.1) is 0 Å². The number of fused-ring (bicyclic) bond motifs is 1. The molecule has 3 rings (SSSR count). The Morgan fingerprint density at radius 1 is 1.19 bits per heavy atom. The van der Waals surface area contributed by atoms with E-state index in [1.165, 1.54) is 5.56 Å². The van der Waals surface area contributed by atoms with Crippen molar-refractivity contribution in [1.29, 1.82) is 5.41 Å². The highest BCUT2D eigenvalue weighted by Gasteiger charge is 2.14. The predicted molar refractivity (Wildman–Crippen MR) is 102 cm³/mol. The van der Waals surface area contributed by atoms with Crippen molar-refractivity contribution in [3.8, 4) is 5.75 Å². The van der Waals surface area contributed by atoms with Gasteiger partial charge in [0.05, 0.1) is 6.61 Å². The highest BCUT2D eigenvalue weighted by molar-refractivity contribution is 6.05. The Labute approximate surface area is 152 Å². The number of anilines is 1. The third kappa shape index (κ3) is 3.61. The van der Waals surface area contributed by atoms with Gasteiger partial charge in [0.2, 0.25) is 5.55 Å². The maximum Gasteiger partial charge on any atom is 0.261 e. The molecule has 0 spiro atoms. The molecule has 1 amide bonds. The topological polar surface area (TPSA) is 75.3 Å². The largest absolute Gasteiger partial charge is 0.490 e. The third-order valence-electron chi connectivity index (χ3n) is 4.14. The number of nitrogens with one attached hydrogen (secondary N) is 2. The normalized spacial score (nSPS) is 10.9. The second kappa shape index (κ2) is 7.44. The summed E-state index contributed by atoms with van der Waals surface area (Å²) in [4.78, 5) is 12.6. The molecular formula is C21H22N2O3. The number of carbonyl (C=O) groups excluding carboxylic acids is 1. The molecule has 0 saturated heterocycles. The molecular weight excluding hydrogens is 328 g/mol. The second-order valence-electron chi connectivity index (χ2n) is 6.33. The number of ether oxygens (including phenoxy) is 1. The molecule has 0 aliphatic rings. The number of amides is 1. The molecule has 0 saturated carbocycles. The monoisotopic (exact) mass is 350 g/mol. The van der Waals surface area contributed by atoms with Gasteiger partial charge < -0.3 is 14.5 Å². The SMILES string of the molecule is CCOc1cccc2cc(C(=O)Nc3ccc(C(C)C)cc3)c(=N)oc12. The Morgan fingerprint density at radius 3 is 2.58 bits per heavy atom. The van der Waals surface area contributed by atoms with E-state index in [1.54, 1.807) is 12.1 Å². The van der Waals surface area contributed by atoms with Crippen LogP contribution < -0.4 is 15.6 Å². The van der Waals surface area contributed by atoms with Crippen LogP contribution in [-0.4, -0.2) is 12.5 Å². The summed E-state index contributed by atoms with van der Waals surface area (Å²) in [5.74, 6) is 0.618. The molecule has 0 bridgehead atoms. The maximum absolute atomic E-state index is 12.6. The van der Waals surface area contributed by atoms with Crippen molar-refractivity contribution in [3.63, 3.8) is 0 Å². The molecule has 0 aliphatic carbocycles. The van der Waals surface area contributed by atoms with E-state index in [0.29, 0.717) is 34.9 Å². The number of para-hydroxylation sites is 1. The number of hydrogen-bond donors (Lipinski definition) is 2. The third-order valence-corrected chi connectivity index (χ3v) is 4.14. The number of rotatable bonds is 5. The van der Waals surface area contributed by atoms with Gasteiger partial charge in [0.15, 0.2) is 11.3 Å². The van der Waals surface area contributed by atoms with E-state index in [0.717, 1.165) is 0 Å². The van der Waals surface area contributed by atoms with Crippen LogP contribution in [0.4, 0.5) is 5.69 Å². The molecule has 0 radical (unpaired) electrons. The van der Waals surface area contributed by atoms with Crippen LogP contribution in [0, 0.1) is 5.41 Å². The fourth-order valence-electron chi connectivity index (χ4n) is 2.72. The van der Waals surface area contributed by atoms with Gasteiger partial charge in [0.1, 0.15) is 5.56 Å². The predicted octanol–water partition coefficient (Wildman–Crippen LogP) is 4.69. The van der Waals surface area contributed by atoms with Crippen molar-refractivity contribution >= 4 is 22.6 Å². The van der Waals surface area contributed by atoms with Crippen molar-refractivity contribution in [1.82, 2.24) is 0 Å². The summed E-state index contributed by atoms with van der Waals surface area (Å²) in [7, 11) is 0. The van der Waals surface area contributed by atoms with Crippen molar-refractivity contribution < 1.29 is 13.9 Å². The van der Waals surface area contributed by atoms with E-state index in [9.17, 15) is 4.79 Å². The van der Waals surface area contributed by atoms with Gasteiger partial charge in [-0.05, 0) is 42.7 Å². The van der Waals surface area contributed by atoms with Gasteiger partial charge >= 0.3 is 0 Å². The maximum atomic E-state index is 12.6. The number of benzene rings is 2. The lowest BCUT2D eigenvalue weighted by Crippen LogP contribution is -2.20. The van der Waals surface area contributed by atoms with Crippen molar-refractivity contribution in [2.24, 2.45) is 0 Å². The van der Waals surface area contributed by atoms with Gasteiger partial charge in [0, 0.05) is 11.1 Å². The van der Waals surface area contributed by atoms with E-state index in [1.807, 2.05) is 43.3 Å². The molecule has 134 valence electrons. The summed E-state index contributed by atoms with van der Waals surface area (Å²) >= 11 is 0. The standard InChI is InChI=1S/C21H22N2O3/c1-4-25-18-7-5-6-15-12-17(20(22)26-19(15)18)21(24)23-16-10-8-14(9-11-16)13(2)3/h5-13,22H,4H2,1-3H3,(H,23,24). The second-order valence-corrected chi connectivity index (χ2v) is 6.33. The Kier molecular flexibility index (Phi) is 5.07. The smallest absolute Gasteiger partial charge is 0.261 e. The minimum absolute atomic E-state index is 0.180.